The molecule has 0 spiro atoms. The number of methoxy groups -OCH3 is 4. The number of nitrogens with zero attached hydrogens (tertiary/aromatic N) is 2. The molecule has 0 unspecified atom stereocenters. The Kier molecular flexibility index (Phi) is 14.4. The maximum absolute atomic E-state index is 11.9. The molecule has 1 fully saturated rings. The van der Waals surface area contributed by atoms with Gasteiger partial charge in [-0.25, -0.2) is 19.6 Å². The normalized spacial score (nSPS) is 14.3. The fourth-order valence-electron chi connectivity index (χ4n) is 5.15. The van der Waals surface area contributed by atoms with Crippen LogP contribution in [0.5, 0.6) is 0 Å². The predicted octanol–water partition coefficient (Wildman–Crippen LogP) is 6.18. The molecule has 0 aliphatic carbocycles. The van der Waals surface area contributed by atoms with Gasteiger partial charge in [0.25, 0.3) is 0 Å². The first kappa shape index (κ1) is 40.9. The Morgan fingerprint density at radius 2 is 1.20 bits per heavy atom. The van der Waals surface area contributed by atoms with Crippen molar-refractivity contribution in [3.05, 3.63) is 85.4 Å². The van der Waals surface area contributed by atoms with Crippen molar-refractivity contribution in [2.45, 2.75) is 79.8 Å². The van der Waals surface area contributed by atoms with Gasteiger partial charge in [-0.05, 0) is 112 Å². The molecule has 2 aromatic heterocycles. The molecule has 2 aromatic carbocycles. The lowest BCUT2D eigenvalue weighted by molar-refractivity contribution is 0.00578. The van der Waals surface area contributed by atoms with Crippen LogP contribution in [-0.4, -0.2) is 78.6 Å². The van der Waals surface area contributed by atoms with E-state index < -0.39 is 18.3 Å². The van der Waals surface area contributed by atoms with Crippen LogP contribution in [0.2, 0.25) is 0 Å². The number of carbonyl (C=O) groups excluding carboxylic acids is 2. The number of rotatable bonds is 8. The summed E-state index contributed by atoms with van der Waals surface area (Å²) in [6.45, 7) is 16.8. The molecule has 0 amide bonds. The van der Waals surface area contributed by atoms with E-state index in [-0.39, 0.29) is 11.9 Å². The van der Waals surface area contributed by atoms with Crippen molar-refractivity contribution in [2.24, 2.45) is 0 Å². The zero-order valence-electron chi connectivity index (χ0n) is 31.0. The van der Waals surface area contributed by atoms with Gasteiger partial charge in [0.15, 0.2) is 0 Å². The molecule has 5 rings (SSSR count). The minimum atomic E-state index is -0.473. The number of nitrogens with one attached hydrogen (secondary N) is 2. The standard InChI is InChI=1S/C16H23BO4.C15H18N2O3.C5H7IN2O/c1-10-8-11(2)13(9-12(10)14(18)19-7)17-20-15(3,4)16(5,6)21-17;1-9-5-10(2)12(15(18)20-4)6-11(9)13-7-16-14(17-13)8-19-3;1-9-3-5-7-2-4(6)8-5/h8-9H,1-7H3;5-7H,8H2,1-4H3,(H,16,17);2H,3H2,1H3,(H,7,8). The number of carbonyl (C=O) groups is 2. The summed E-state index contributed by atoms with van der Waals surface area (Å²) in [6, 6.07) is 7.59. The number of aromatic amines is 2. The monoisotopic (exact) mass is 802 g/mol. The molecule has 50 heavy (non-hydrogen) atoms. The lowest BCUT2D eigenvalue weighted by Crippen LogP contribution is -2.41. The third kappa shape index (κ3) is 10.0. The van der Waals surface area contributed by atoms with Crippen molar-refractivity contribution in [2.75, 3.05) is 28.4 Å². The van der Waals surface area contributed by atoms with Crippen LogP contribution in [0.4, 0.5) is 0 Å². The highest BCUT2D eigenvalue weighted by Crippen LogP contribution is 2.37. The molecule has 2 N–H and O–H groups in total. The molecule has 0 radical (unpaired) electrons. The van der Waals surface area contributed by atoms with Gasteiger partial charge in [0, 0.05) is 19.8 Å². The maximum atomic E-state index is 11.9. The summed E-state index contributed by atoms with van der Waals surface area (Å²) in [4.78, 5) is 38.1. The average molecular weight is 803 g/mol. The molecule has 12 nitrogen and oxygen atoms in total. The van der Waals surface area contributed by atoms with Gasteiger partial charge < -0.3 is 38.2 Å². The molecule has 270 valence electrons. The molecular weight excluding hydrogens is 754 g/mol. The Morgan fingerprint density at radius 3 is 1.68 bits per heavy atom. The number of H-pyrrole nitrogens is 2. The number of benzene rings is 2. The number of aromatic nitrogens is 4. The van der Waals surface area contributed by atoms with Crippen LogP contribution in [-0.2, 0) is 41.5 Å². The minimum Gasteiger partial charge on any atom is -0.465 e. The van der Waals surface area contributed by atoms with E-state index in [0.717, 1.165) is 54.3 Å². The highest BCUT2D eigenvalue weighted by atomic mass is 127. The van der Waals surface area contributed by atoms with E-state index in [2.05, 4.69) is 42.5 Å². The van der Waals surface area contributed by atoms with Crippen molar-refractivity contribution < 1.29 is 37.8 Å². The summed E-state index contributed by atoms with van der Waals surface area (Å²) in [5, 5.41) is 0. The quantitative estimate of drug-likeness (QED) is 0.120. The number of halogens is 1. The largest absolute Gasteiger partial charge is 0.495 e. The molecule has 1 aliphatic rings. The zero-order valence-corrected chi connectivity index (χ0v) is 33.2. The first-order chi connectivity index (χ1) is 23.5. The Hall–Kier alpha value is -3.57. The summed E-state index contributed by atoms with van der Waals surface area (Å²) >= 11 is 2.17. The third-order valence-corrected chi connectivity index (χ3v) is 9.13. The minimum absolute atomic E-state index is 0.333. The molecular formula is C36H48BIN4O8. The fourth-order valence-corrected chi connectivity index (χ4v) is 5.60. The smallest absolute Gasteiger partial charge is 0.465 e. The Balaban J connectivity index is 0.000000218. The molecule has 0 saturated carbocycles. The van der Waals surface area contributed by atoms with E-state index in [9.17, 15) is 9.59 Å². The second kappa shape index (κ2) is 17.6. The van der Waals surface area contributed by atoms with Gasteiger partial charge >= 0.3 is 19.1 Å². The van der Waals surface area contributed by atoms with E-state index in [0.29, 0.717) is 24.3 Å². The molecule has 4 aromatic rings. The highest BCUT2D eigenvalue weighted by molar-refractivity contribution is 14.1. The van der Waals surface area contributed by atoms with Crippen LogP contribution in [0.3, 0.4) is 0 Å². The van der Waals surface area contributed by atoms with Gasteiger partial charge in [-0.3, -0.25) is 0 Å². The molecule has 0 atom stereocenters. The Bertz CT molecular complexity index is 1770. The van der Waals surface area contributed by atoms with E-state index in [1.54, 1.807) is 26.6 Å². The summed E-state index contributed by atoms with van der Waals surface area (Å²) in [5.41, 5.74) is 6.88. The highest BCUT2D eigenvalue weighted by Gasteiger charge is 2.52. The summed E-state index contributed by atoms with van der Waals surface area (Å²) in [6.07, 6.45) is 3.52. The van der Waals surface area contributed by atoms with Gasteiger partial charge in [0.05, 0.1) is 58.3 Å². The van der Waals surface area contributed by atoms with Crippen molar-refractivity contribution >= 4 is 47.1 Å². The van der Waals surface area contributed by atoms with E-state index >= 15 is 0 Å². The van der Waals surface area contributed by atoms with Crippen LogP contribution in [0.1, 0.15) is 82.3 Å². The predicted molar refractivity (Wildman–Crippen MR) is 201 cm³/mol. The number of ether oxygens (including phenoxy) is 4. The van der Waals surface area contributed by atoms with E-state index in [1.165, 1.54) is 14.2 Å². The number of esters is 2. The van der Waals surface area contributed by atoms with Crippen LogP contribution < -0.4 is 5.46 Å². The van der Waals surface area contributed by atoms with Crippen LogP contribution in [0.15, 0.2) is 36.7 Å². The Labute approximate surface area is 308 Å². The second-order valence-corrected chi connectivity index (χ2v) is 14.0. The molecule has 0 bridgehead atoms. The lowest BCUT2D eigenvalue weighted by atomic mass is 9.75. The second-order valence-electron chi connectivity index (χ2n) is 12.9. The summed E-state index contributed by atoms with van der Waals surface area (Å²) in [5.74, 6) is 0.953. The van der Waals surface area contributed by atoms with Gasteiger partial charge in [-0.1, -0.05) is 17.7 Å². The van der Waals surface area contributed by atoms with E-state index in [4.69, 9.17) is 28.3 Å². The van der Waals surface area contributed by atoms with Crippen molar-refractivity contribution in [1.82, 2.24) is 19.9 Å². The number of imidazole rings is 2. The van der Waals surface area contributed by atoms with Gasteiger partial charge in [0.2, 0.25) is 0 Å². The lowest BCUT2D eigenvalue weighted by Gasteiger charge is -2.32. The average Bonchev–Trinajstić information content (AvgIpc) is 3.74. The summed E-state index contributed by atoms with van der Waals surface area (Å²) in [7, 11) is 5.56. The maximum Gasteiger partial charge on any atom is 0.495 e. The third-order valence-electron chi connectivity index (χ3n) is 8.58. The molecule has 1 saturated heterocycles. The summed E-state index contributed by atoms with van der Waals surface area (Å²) < 4.78 is 32.7. The van der Waals surface area contributed by atoms with E-state index in [1.807, 2.05) is 79.7 Å². The van der Waals surface area contributed by atoms with Crippen LogP contribution in [0.25, 0.3) is 11.3 Å². The van der Waals surface area contributed by atoms with Crippen molar-refractivity contribution in [3.8, 4) is 11.3 Å². The molecule has 1 aliphatic heterocycles. The molecule has 14 heteroatoms. The molecule has 3 heterocycles. The van der Waals surface area contributed by atoms with Crippen molar-refractivity contribution in [3.63, 3.8) is 0 Å². The van der Waals surface area contributed by atoms with Crippen LogP contribution >= 0.6 is 22.6 Å². The van der Waals surface area contributed by atoms with Gasteiger partial charge in [-0.15, -0.1) is 0 Å². The number of hydrogen-bond donors (Lipinski definition) is 2. The van der Waals surface area contributed by atoms with Gasteiger partial charge in [0.1, 0.15) is 24.9 Å². The first-order valence-electron chi connectivity index (χ1n) is 15.9. The SMILES string of the molecule is COC(=O)c1cc(B2OC(C)(C)C(C)(C)O2)c(C)cc1C.COCc1ncc(-c2cc(C(=O)OC)c(C)cc2C)[nH]1.COCc1ncc(I)[nH]1. The Morgan fingerprint density at radius 1 is 0.720 bits per heavy atom. The number of aryl methyl sites for hydroxylation is 4. The number of hydrogen-bond acceptors (Lipinski definition) is 10. The van der Waals surface area contributed by atoms with Crippen molar-refractivity contribution in [1.29, 1.82) is 0 Å². The fraction of sp³-hybridized carbons (Fsp3) is 0.444. The van der Waals surface area contributed by atoms with Gasteiger partial charge in [-0.2, -0.15) is 0 Å². The first-order valence-corrected chi connectivity index (χ1v) is 17.0. The van der Waals surface area contributed by atoms with Crippen LogP contribution in [0, 0.1) is 31.4 Å². The zero-order chi connectivity index (χ0) is 37.4. The topological polar surface area (TPSA) is 147 Å².